The molecular formula is C26H25N3O5. The maximum absolute atomic E-state index is 12.7. The van der Waals surface area contributed by atoms with Crippen molar-refractivity contribution in [2.45, 2.75) is 31.3 Å². The normalized spacial score (nSPS) is 13.8. The van der Waals surface area contributed by atoms with Crippen molar-refractivity contribution in [2.24, 2.45) is 0 Å². The first kappa shape index (κ1) is 23.0. The van der Waals surface area contributed by atoms with Crippen molar-refractivity contribution in [2.75, 3.05) is 6.61 Å². The van der Waals surface area contributed by atoms with Crippen molar-refractivity contribution in [3.05, 3.63) is 89.7 Å². The second-order valence-corrected chi connectivity index (χ2v) is 8.13. The zero-order chi connectivity index (χ0) is 24.1. The Morgan fingerprint density at radius 3 is 2.12 bits per heavy atom. The number of carbonyl (C=O) groups is 3. The molecule has 0 bridgehead atoms. The van der Waals surface area contributed by atoms with Crippen molar-refractivity contribution in [1.29, 1.82) is 0 Å². The van der Waals surface area contributed by atoms with Crippen LogP contribution in [-0.2, 0) is 14.3 Å². The van der Waals surface area contributed by atoms with E-state index in [2.05, 4.69) is 15.6 Å². The molecule has 0 saturated carbocycles. The van der Waals surface area contributed by atoms with E-state index in [9.17, 15) is 19.5 Å². The van der Waals surface area contributed by atoms with E-state index in [0.717, 1.165) is 27.8 Å². The summed E-state index contributed by atoms with van der Waals surface area (Å²) in [5.74, 6) is -1.97. The lowest BCUT2D eigenvalue weighted by Gasteiger charge is -2.21. The number of carboxylic acids is 1. The lowest BCUT2D eigenvalue weighted by Crippen LogP contribution is -2.48. The molecule has 4 rings (SSSR count). The van der Waals surface area contributed by atoms with Gasteiger partial charge < -0.3 is 20.5 Å². The van der Waals surface area contributed by atoms with Crippen LogP contribution in [0.3, 0.4) is 0 Å². The van der Waals surface area contributed by atoms with E-state index in [1.165, 1.54) is 0 Å². The summed E-state index contributed by atoms with van der Waals surface area (Å²) < 4.78 is 5.46. The van der Waals surface area contributed by atoms with Crippen LogP contribution in [0.4, 0.5) is 4.79 Å². The SMILES string of the molecule is C[C@H](NC(=O)C(CC(=O)O)NC(=O)OCC1c2ccccc2-c2ccccc21)c1ccncc1. The lowest BCUT2D eigenvalue weighted by atomic mass is 9.98. The Kier molecular flexibility index (Phi) is 6.87. The molecule has 2 atom stereocenters. The van der Waals surface area contributed by atoms with E-state index >= 15 is 0 Å². The van der Waals surface area contributed by atoms with Gasteiger partial charge in [-0.2, -0.15) is 0 Å². The number of nitrogens with one attached hydrogen (secondary N) is 2. The second kappa shape index (κ2) is 10.2. The van der Waals surface area contributed by atoms with Gasteiger partial charge in [-0.15, -0.1) is 0 Å². The fourth-order valence-corrected chi connectivity index (χ4v) is 4.22. The summed E-state index contributed by atoms with van der Waals surface area (Å²) in [5.41, 5.74) is 5.12. The van der Waals surface area contributed by atoms with Gasteiger partial charge in [0.25, 0.3) is 0 Å². The molecule has 1 aliphatic carbocycles. The van der Waals surface area contributed by atoms with Crippen LogP contribution in [0.1, 0.15) is 42.0 Å². The fourth-order valence-electron chi connectivity index (χ4n) is 4.22. The minimum Gasteiger partial charge on any atom is -0.481 e. The van der Waals surface area contributed by atoms with Gasteiger partial charge in [0.05, 0.1) is 12.5 Å². The highest BCUT2D eigenvalue weighted by Gasteiger charge is 2.30. The monoisotopic (exact) mass is 459 g/mol. The van der Waals surface area contributed by atoms with Crippen LogP contribution in [0.15, 0.2) is 73.1 Å². The van der Waals surface area contributed by atoms with Gasteiger partial charge in [0, 0.05) is 18.3 Å². The molecule has 0 radical (unpaired) electrons. The molecule has 0 fully saturated rings. The molecule has 0 saturated heterocycles. The summed E-state index contributed by atoms with van der Waals surface area (Å²) in [7, 11) is 0. The van der Waals surface area contributed by atoms with Crippen LogP contribution in [0, 0.1) is 0 Å². The van der Waals surface area contributed by atoms with Gasteiger partial charge in [-0.05, 0) is 46.9 Å². The molecule has 2 aromatic carbocycles. The van der Waals surface area contributed by atoms with Gasteiger partial charge in [0.2, 0.25) is 5.91 Å². The van der Waals surface area contributed by atoms with Gasteiger partial charge in [0.1, 0.15) is 12.6 Å². The summed E-state index contributed by atoms with van der Waals surface area (Å²) in [4.78, 5) is 40.5. The van der Waals surface area contributed by atoms with Crippen molar-refractivity contribution >= 4 is 18.0 Å². The van der Waals surface area contributed by atoms with E-state index < -0.39 is 36.5 Å². The summed E-state index contributed by atoms with van der Waals surface area (Å²) in [6.45, 7) is 1.83. The van der Waals surface area contributed by atoms with E-state index in [-0.39, 0.29) is 12.5 Å². The number of nitrogens with zero attached hydrogens (tertiary/aromatic N) is 1. The van der Waals surface area contributed by atoms with Gasteiger partial charge in [0.15, 0.2) is 0 Å². The zero-order valence-electron chi connectivity index (χ0n) is 18.6. The first-order chi connectivity index (χ1) is 16.4. The molecule has 3 N–H and O–H groups in total. The Hall–Kier alpha value is -4.20. The number of aromatic nitrogens is 1. The summed E-state index contributed by atoms with van der Waals surface area (Å²) >= 11 is 0. The van der Waals surface area contributed by atoms with Crippen LogP contribution in [0.2, 0.25) is 0 Å². The van der Waals surface area contributed by atoms with Gasteiger partial charge in [-0.3, -0.25) is 14.6 Å². The lowest BCUT2D eigenvalue weighted by molar-refractivity contribution is -0.140. The predicted octanol–water partition coefficient (Wildman–Crippen LogP) is 3.64. The number of rotatable bonds is 8. The standard InChI is InChI=1S/C26H25N3O5/c1-16(17-10-12-27-13-11-17)28-25(32)23(14-24(30)31)29-26(33)34-15-22-20-8-4-2-6-18(20)19-7-3-5-9-21(19)22/h2-13,16,22-23H,14-15H2,1H3,(H,28,32)(H,29,33)(H,30,31)/t16-,23?/m0/s1. The Morgan fingerprint density at radius 1 is 0.941 bits per heavy atom. The molecule has 2 amide bonds. The highest BCUT2D eigenvalue weighted by molar-refractivity contribution is 5.89. The number of aliphatic carboxylic acids is 1. The molecule has 3 aromatic rings. The van der Waals surface area contributed by atoms with Crippen LogP contribution < -0.4 is 10.6 Å². The molecule has 1 unspecified atom stereocenters. The van der Waals surface area contributed by atoms with E-state index in [0.29, 0.717) is 0 Å². The fraction of sp³-hybridized carbons (Fsp3) is 0.231. The molecule has 8 nitrogen and oxygen atoms in total. The number of carbonyl (C=O) groups excluding carboxylic acids is 2. The smallest absolute Gasteiger partial charge is 0.407 e. The van der Waals surface area contributed by atoms with Gasteiger partial charge in [-0.1, -0.05) is 48.5 Å². The molecule has 1 aromatic heterocycles. The highest BCUT2D eigenvalue weighted by Crippen LogP contribution is 2.44. The van der Waals surface area contributed by atoms with Crippen molar-refractivity contribution < 1.29 is 24.2 Å². The largest absolute Gasteiger partial charge is 0.481 e. The predicted molar refractivity (Wildman–Crippen MR) is 125 cm³/mol. The van der Waals surface area contributed by atoms with Crippen LogP contribution in [0.25, 0.3) is 11.1 Å². The number of alkyl carbamates (subject to hydrolysis) is 1. The third-order valence-corrected chi connectivity index (χ3v) is 5.90. The Labute approximate surface area is 197 Å². The van der Waals surface area contributed by atoms with Crippen LogP contribution in [0.5, 0.6) is 0 Å². The third-order valence-electron chi connectivity index (χ3n) is 5.90. The molecule has 0 spiro atoms. The number of hydrogen-bond acceptors (Lipinski definition) is 5. The first-order valence-electron chi connectivity index (χ1n) is 11.0. The number of amides is 2. The average molecular weight is 460 g/mol. The van der Waals surface area contributed by atoms with Gasteiger partial charge >= 0.3 is 12.1 Å². The number of hydrogen-bond donors (Lipinski definition) is 3. The van der Waals surface area contributed by atoms with Crippen molar-refractivity contribution in [1.82, 2.24) is 15.6 Å². The highest BCUT2D eigenvalue weighted by atomic mass is 16.5. The Balaban J connectivity index is 1.41. The summed E-state index contributed by atoms with van der Waals surface area (Å²) in [6, 6.07) is 17.7. The van der Waals surface area contributed by atoms with Crippen LogP contribution in [-0.4, -0.2) is 40.7 Å². The average Bonchev–Trinajstić information content (AvgIpc) is 3.16. The van der Waals surface area contributed by atoms with E-state index in [4.69, 9.17) is 4.74 Å². The third kappa shape index (κ3) is 5.06. The number of carboxylic acid groups (broad SMARTS) is 1. The first-order valence-corrected chi connectivity index (χ1v) is 11.0. The summed E-state index contributed by atoms with van der Waals surface area (Å²) in [5, 5.41) is 14.4. The maximum atomic E-state index is 12.7. The topological polar surface area (TPSA) is 118 Å². The van der Waals surface area contributed by atoms with Crippen LogP contribution >= 0.6 is 0 Å². The maximum Gasteiger partial charge on any atom is 0.407 e. The molecule has 1 heterocycles. The number of fused-ring (bicyclic) bond motifs is 3. The van der Waals surface area contributed by atoms with E-state index in [1.54, 1.807) is 31.5 Å². The second-order valence-electron chi connectivity index (χ2n) is 8.13. The number of pyridine rings is 1. The van der Waals surface area contributed by atoms with E-state index in [1.807, 2.05) is 48.5 Å². The quantitative estimate of drug-likeness (QED) is 0.473. The number of ether oxygens (including phenoxy) is 1. The minimum atomic E-state index is -1.28. The van der Waals surface area contributed by atoms with Gasteiger partial charge in [-0.25, -0.2) is 4.79 Å². The molecule has 34 heavy (non-hydrogen) atoms. The molecule has 174 valence electrons. The number of benzene rings is 2. The Bertz CT molecular complexity index is 1150. The summed E-state index contributed by atoms with van der Waals surface area (Å²) in [6.07, 6.45) is 1.78. The Morgan fingerprint density at radius 2 is 1.53 bits per heavy atom. The molecular weight excluding hydrogens is 434 g/mol. The molecule has 1 aliphatic rings. The molecule has 0 aliphatic heterocycles. The van der Waals surface area contributed by atoms with Crippen molar-refractivity contribution in [3.8, 4) is 11.1 Å². The molecule has 8 heteroatoms. The van der Waals surface area contributed by atoms with Crippen molar-refractivity contribution in [3.63, 3.8) is 0 Å². The minimum absolute atomic E-state index is 0.0642. The zero-order valence-corrected chi connectivity index (χ0v) is 18.6.